The number of halogens is 3. The van der Waals surface area contributed by atoms with Gasteiger partial charge in [-0.2, -0.15) is 13.2 Å². The molecule has 1 saturated heterocycles. The van der Waals surface area contributed by atoms with Crippen molar-refractivity contribution in [1.82, 2.24) is 15.0 Å². The van der Waals surface area contributed by atoms with E-state index in [1.807, 2.05) is 4.90 Å². The van der Waals surface area contributed by atoms with E-state index >= 15 is 0 Å². The highest BCUT2D eigenvalue weighted by molar-refractivity contribution is 5.91. The van der Waals surface area contributed by atoms with Gasteiger partial charge in [0.05, 0.1) is 6.54 Å². The molecule has 0 aliphatic carbocycles. The summed E-state index contributed by atoms with van der Waals surface area (Å²) in [5.74, 6) is 0.154. The van der Waals surface area contributed by atoms with E-state index < -0.39 is 25.3 Å². The molecule has 0 aromatic carbocycles. The van der Waals surface area contributed by atoms with Crippen molar-refractivity contribution in [3.05, 3.63) is 11.8 Å². The molecule has 140 valence electrons. The average molecular weight is 364 g/mol. The third-order valence-electron chi connectivity index (χ3n) is 3.48. The van der Waals surface area contributed by atoms with Gasteiger partial charge in [0.15, 0.2) is 5.82 Å². The van der Waals surface area contributed by atoms with Crippen LogP contribution in [0, 0.1) is 6.92 Å². The number of nitrogens with zero attached hydrogens (tertiary/aromatic N) is 3. The molecule has 1 aromatic rings. The summed E-state index contributed by atoms with van der Waals surface area (Å²) in [5.41, 5.74) is 0. The van der Waals surface area contributed by atoms with Crippen molar-refractivity contribution in [2.45, 2.75) is 13.1 Å². The molecule has 25 heavy (non-hydrogen) atoms. The molecule has 11 heteroatoms. The van der Waals surface area contributed by atoms with Gasteiger partial charge in [-0.3, -0.25) is 14.5 Å². The van der Waals surface area contributed by atoms with E-state index in [9.17, 15) is 22.8 Å². The monoisotopic (exact) mass is 364 g/mol. The van der Waals surface area contributed by atoms with E-state index in [0.29, 0.717) is 37.8 Å². The Kier molecular flexibility index (Phi) is 6.37. The molecule has 2 rings (SSSR count). The summed E-state index contributed by atoms with van der Waals surface area (Å²) in [6, 6.07) is 1.59. The number of amides is 2. The standard InChI is InChI=1S/C14H19F3N4O4/c1-10-6-11(19-25-10)18-12(22)7-20-2-4-21(5-3-20)13(23)8-24-9-14(15,16)17/h6H,2-5,7-9H2,1H3,(H,18,19,22). The predicted octanol–water partition coefficient (Wildman–Crippen LogP) is 0.645. The third kappa shape index (κ3) is 6.70. The van der Waals surface area contributed by atoms with Crippen LogP contribution in [0.5, 0.6) is 0 Å². The van der Waals surface area contributed by atoms with Gasteiger partial charge in [0.1, 0.15) is 19.0 Å². The maximum absolute atomic E-state index is 12.0. The zero-order valence-electron chi connectivity index (χ0n) is 13.6. The number of aromatic nitrogens is 1. The maximum atomic E-state index is 12.0. The van der Waals surface area contributed by atoms with Gasteiger partial charge in [-0.1, -0.05) is 5.16 Å². The number of nitrogens with one attached hydrogen (secondary N) is 1. The topological polar surface area (TPSA) is 87.9 Å². The summed E-state index contributed by atoms with van der Waals surface area (Å²) >= 11 is 0. The van der Waals surface area contributed by atoms with Gasteiger partial charge in [0.25, 0.3) is 0 Å². The van der Waals surface area contributed by atoms with Crippen molar-refractivity contribution in [3.8, 4) is 0 Å². The first-order chi connectivity index (χ1) is 11.7. The van der Waals surface area contributed by atoms with E-state index in [1.165, 1.54) is 4.90 Å². The largest absolute Gasteiger partial charge is 0.411 e. The average Bonchev–Trinajstić information content (AvgIpc) is 2.91. The molecule has 1 aliphatic heterocycles. The molecule has 1 fully saturated rings. The third-order valence-corrected chi connectivity index (χ3v) is 3.48. The normalized spacial score (nSPS) is 16.1. The van der Waals surface area contributed by atoms with E-state index in [1.54, 1.807) is 13.0 Å². The first kappa shape index (κ1) is 19.2. The highest BCUT2D eigenvalue weighted by atomic mass is 19.4. The van der Waals surface area contributed by atoms with Gasteiger partial charge in [-0.25, -0.2) is 0 Å². The number of carbonyl (C=O) groups is 2. The Hall–Kier alpha value is -2.14. The van der Waals surface area contributed by atoms with Crippen LogP contribution in [0.1, 0.15) is 5.76 Å². The highest BCUT2D eigenvalue weighted by Crippen LogP contribution is 2.14. The van der Waals surface area contributed by atoms with Crippen molar-refractivity contribution in [3.63, 3.8) is 0 Å². The molecule has 0 atom stereocenters. The maximum Gasteiger partial charge on any atom is 0.411 e. The number of hydrogen-bond acceptors (Lipinski definition) is 6. The number of ether oxygens (including phenoxy) is 1. The summed E-state index contributed by atoms with van der Waals surface area (Å²) in [4.78, 5) is 26.9. The second-order valence-corrected chi connectivity index (χ2v) is 5.64. The fourth-order valence-electron chi connectivity index (χ4n) is 2.31. The summed E-state index contributed by atoms with van der Waals surface area (Å²) in [6.07, 6.45) is -4.45. The van der Waals surface area contributed by atoms with Gasteiger partial charge in [-0.15, -0.1) is 0 Å². The van der Waals surface area contributed by atoms with Crippen LogP contribution < -0.4 is 5.32 Å². The zero-order valence-corrected chi connectivity index (χ0v) is 13.6. The number of aryl methyl sites for hydroxylation is 1. The first-order valence-corrected chi connectivity index (χ1v) is 7.61. The SMILES string of the molecule is Cc1cc(NC(=O)CN2CCN(C(=O)COCC(F)(F)F)CC2)no1. The van der Waals surface area contributed by atoms with Gasteiger partial charge in [-0.05, 0) is 6.92 Å². The Bertz CT molecular complexity index is 597. The number of rotatable bonds is 6. The molecule has 8 nitrogen and oxygen atoms in total. The number of piperazine rings is 1. The van der Waals surface area contributed by atoms with Gasteiger partial charge in [0, 0.05) is 32.2 Å². The predicted molar refractivity (Wildman–Crippen MR) is 79.8 cm³/mol. The van der Waals surface area contributed by atoms with E-state index in [-0.39, 0.29) is 12.5 Å². The van der Waals surface area contributed by atoms with Crippen LogP contribution in [0.2, 0.25) is 0 Å². The lowest BCUT2D eigenvalue weighted by Crippen LogP contribution is -2.51. The fraction of sp³-hybridized carbons (Fsp3) is 0.643. The van der Waals surface area contributed by atoms with Crippen LogP contribution >= 0.6 is 0 Å². The zero-order chi connectivity index (χ0) is 18.4. The first-order valence-electron chi connectivity index (χ1n) is 7.61. The molecule has 0 radical (unpaired) electrons. The number of alkyl halides is 3. The quantitative estimate of drug-likeness (QED) is 0.797. The molecular formula is C14H19F3N4O4. The summed E-state index contributed by atoms with van der Waals surface area (Å²) < 4.78 is 45.1. The number of carbonyl (C=O) groups excluding carboxylic acids is 2. The van der Waals surface area contributed by atoms with Crippen LogP contribution in [-0.4, -0.2) is 78.9 Å². The van der Waals surface area contributed by atoms with Crippen LogP contribution in [0.4, 0.5) is 19.0 Å². The molecule has 1 aliphatic rings. The molecular weight excluding hydrogens is 345 g/mol. The smallest absolute Gasteiger partial charge is 0.362 e. The molecule has 0 bridgehead atoms. The van der Waals surface area contributed by atoms with Crippen molar-refractivity contribution >= 4 is 17.6 Å². The second-order valence-electron chi connectivity index (χ2n) is 5.64. The van der Waals surface area contributed by atoms with Gasteiger partial charge >= 0.3 is 6.18 Å². The number of anilines is 1. The van der Waals surface area contributed by atoms with Crippen molar-refractivity contribution in [1.29, 1.82) is 0 Å². The lowest BCUT2D eigenvalue weighted by molar-refractivity contribution is -0.178. The summed E-state index contributed by atoms with van der Waals surface area (Å²) in [5, 5.41) is 6.25. The van der Waals surface area contributed by atoms with Crippen LogP contribution in [-0.2, 0) is 14.3 Å². The Morgan fingerprint density at radius 2 is 2.00 bits per heavy atom. The van der Waals surface area contributed by atoms with Crippen LogP contribution in [0.3, 0.4) is 0 Å². The lowest BCUT2D eigenvalue weighted by Gasteiger charge is -2.34. The molecule has 1 aromatic heterocycles. The Balaban J connectivity index is 1.67. The minimum absolute atomic E-state index is 0.124. The van der Waals surface area contributed by atoms with Crippen molar-refractivity contribution in [2.24, 2.45) is 0 Å². The number of hydrogen-bond donors (Lipinski definition) is 1. The Morgan fingerprint density at radius 3 is 2.56 bits per heavy atom. The minimum atomic E-state index is -4.45. The van der Waals surface area contributed by atoms with E-state index in [4.69, 9.17) is 4.52 Å². The fourth-order valence-corrected chi connectivity index (χ4v) is 2.31. The minimum Gasteiger partial charge on any atom is -0.362 e. The molecule has 1 N–H and O–H groups in total. The molecule has 0 spiro atoms. The van der Waals surface area contributed by atoms with E-state index in [2.05, 4.69) is 15.2 Å². The molecule has 0 unspecified atom stereocenters. The van der Waals surface area contributed by atoms with Crippen LogP contribution in [0.15, 0.2) is 10.6 Å². The summed E-state index contributed by atoms with van der Waals surface area (Å²) in [6.45, 7) is 1.31. The Labute approximate surface area is 141 Å². The molecule has 2 heterocycles. The Morgan fingerprint density at radius 1 is 1.32 bits per heavy atom. The lowest BCUT2D eigenvalue weighted by atomic mass is 10.3. The second kappa shape index (κ2) is 8.30. The van der Waals surface area contributed by atoms with E-state index in [0.717, 1.165) is 0 Å². The van der Waals surface area contributed by atoms with Gasteiger partial charge in [0.2, 0.25) is 11.8 Å². The molecule has 2 amide bonds. The van der Waals surface area contributed by atoms with Crippen molar-refractivity contribution < 1.29 is 32.0 Å². The van der Waals surface area contributed by atoms with Crippen molar-refractivity contribution in [2.75, 3.05) is 51.3 Å². The molecule has 0 saturated carbocycles. The highest BCUT2D eigenvalue weighted by Gasteiger charge is 2.29. The summed E-state index contributed by atoms with van der Waals surface area (Å²) in [7, 11) is 0. The van der Waals surface area contributed by atoms with Gasteiger partial charge < -0.3 is 19.5 Å². The van der Waals surface area contributed by atoms with Crippen LogP contribution in [0.25, 0.3) is 0 Å².